The SMILES string of the molecule is CC(CNC(=O)Cc1ccc2c(c1)OCCO2)c1ccccc1. The molecule has 3 rings (SSSR count). The summed E-state index contributed by atoms with van der Waals surface area (Å²) in [6, 6.07) is 15.9. The van der Waals surface area contributed by atoms with Crippen LogP contribution in [0.4, 0.5) is 0 Å². The van der Waals surface area contributed by atoms with Crippen molar-refractivity contribution in [3.8, 4) is 11.5 Å². The van der Waals surface area contributed by atoms with Crippen molar-refractivity contribution < 1.29 is 14.3 Å². The minimum atomic E-state index is 0.0180. The molecule has 1 atom stereocenters. The van der Waals surface area contributed by atoms with Gasteiger partial charge >= 0.3 is 0 Å². The van der Waals surface area contributed by atoms with Crippen molar-refractivity contribution >= 4 is 5.91 Å². The van der Waals surface area contributed by atoms with Gasteiger partial charge in [0.2, 0.25) is 5.91 Å². The van der Waals surface area contributed by atoms with Gasteiger partial charge in [-0.05, 0) is 29.2 Å². The molecule has 4 heteroatoms. The molecule has 1 aliphatic heterocycles. The molecule has 1 amide bonds. The molecule has 1 aliphatic rings. The Labute approximate surface area is 136 Å². The van der Waals surface area contributed by atoms with Gasteiger partial charge in [-0.3, -0.25) is 4.79 Å². The Morgan fingerprint density at radius 2 is 1.83 bits per heavy atom. The fraction of sp³-hybridized carbons (Fsp3) is 0.316. The smallest absolute Gasteiger partial charge is 0.224 e. The third-order valence-electron chi connectivity index (χ3n) is 3.95. The Morgan fingerprint density at radius 3 is 2.61 bits per heavy atom. The van der Waals surface area contributed by atoms with Crippen molar-refractivity contribution in [1.29, 1.82) is 0 Å². The van der Waals surface area contributed by atoms with E-state index in [0.29, 0.717) is 32.1 Å². The van der Waals surface area contributed by atoms with Crippen LogP contribution in [0.5, 0.6) is 11.5 Å². The van der Waals surface area contributed by atoms with Gasteiger partial charge in [-0.25, -0.2) is 0 Å². The summed E-state index contributed by atoms with van der Waals surface area (Å²) < 4.78 is 11.0. The van der Waals surface area contributed by atoms with Crippen molar-refractivity contribution in [1.82, 2.24) is 5.32 Å². The zero-order valence-corrected chi connectivity index (χ0v) is 13.2. The van der Waals surface area contributed by atoms with Gasteiger partial charge in [0, 0.05) is 6.54 Å². The molecule has 0 aromatic heterocycles. The lowest BCUT2D eigenvalue weighted by Crippen LogP contribution is -2.29. The van der Waals surface area contributed by atoms with Crippen molar-refractivity contribution in [3.05, 3.63) is 59.7 Å². The average Bonchev–Trinajstić information content (AvgIpc) is 2.60. The van der Waals surface area contributed by atoms with E-state index in [1.54, 1.807) is 0 Å². The van der Waals surface area contributed by atoms with Crippen LogP contribution in [0.2, 0.25) is 0 Å². The summed E-state index contributed by atoms with van der Waals surface area (Å²) in [5.74, 6) is 1.78. The number of nitrogens with one attached hydrogen (secondary N) is 1. The van der Waals surface area contributed by atoms with Crippen molar-refractivity contribution in [2.24, 2.45) is 0 Å². The van der Waals surface area contributed by atoms with Crippen molar-refractivity contribution in [3.63, 3.8) is 0 Å². The molecule has 2 aromatic rings. The van der Waals surface area contributed by atoms with E-state index in [0.717, 1.165) is 17.1 Å². The first-order chi connectivity index (χ1) is 11.2. The highest BCUT2D eigenvalue weighted by atomic mass is 16.6. The largest absolute Gasteiger partial charge is 0.486 e. The monoisotopic (exact) mass is 311 g/mol. The molecule has 4 nitrogen and oxygen atoms in total. The second-order valence-electron chi connectivity index (χ2n) is 5.77. The Kier molecular flexibility index (Phi) is 4.81. The molecule has 1 heterocycles. The maximum absolute atomic E-state index is 12.1. The number of rotatable bonds is 5. The minimum Gasteiger partial charge on any atom is -0.486 e. The molecule has 0 bridgehead atoms. The van der Waals surface area contributed by atoms with Crippen LogP contribution in [0.3, 0.4) is 0 Å². The van der Waals surface area contributed by atoms with Gasteiger partial charge in [-0.2, -0.15) is 0 Å². The molecule has 0 saturated heterocycles. The second-order valence-corrected chi connectivity index (χ2v) is 5.77. The quantitative estimate of drug-likeness (QED) is 0.923. The lowest BCUT2D eigenvalue weighted by Gasteiger charge is -2.19. The molecule has 0 aliphatic carbocycles. The Hall–Kier alpha value is -2.49. The molecule has 1 unspecified atom stereocenters. The van der Waals surface area contributed by atoms with Crippen LogP contribution < -0.4 is 14.8 Å². The fourth-order valence-corrected chi connectivity index (χ4v) is 2.61. The van der Waals surface area contributed by atoms with Crippen LogP contribution in [0, 0.1) is 0 Å². The van der Waals surface area contributed by atoms with Gasteiger partial charge in [-0.15, -0.1) is 0 Å². The first-order valence-corrected chi connectivity index (χ1v) is 7.92. The molecule has 0 fully saturated rings. The van der Waals surface area contributed by atoms with Crippen LogP contribution in [0.15, 0.2) is 48.5 Å². The van der Waals surface area contributed by atoms with Crippen LogP contribution in [-0.4, -0.2) is 25.7 Å². The molecule has 2 aromatic carbocycles. The molecule has 0 spiro atoms. The lowest BCUT2D eigenvalue weighted by atomic mass is 10.0. The standard InChI is InChI=1S/C19H21NO3/c1-14(16-5-3-2-4-6-16)13-20-19(21)12-15-7-8-17-18(11-15)23-10-9-22-17/h2-8,11,14H,9-10,12-13H2,1H3,(H,20,21). The highest BCUT2D eigenvalue weighted by Crippen LogP contribution is 2.30. The predicted octanol–water partition coefficient (Wildman–Crippen LogP) is 2.92. The van der Waals surface area contributed by atoms with Gasteiger partial charge in [0.05, 0.1) is 6.42 Å². The minimum absolute atomic E-state index is 0.0180. The predicted molar refractivity (Wildman–Crippen MR) is 89.0 cm³/mol. The third kappa shape index (κ3) is 4.03. The number of amides is 1. The molecule has 120 valence electrons. The summed E-state index contributed by atoms with van der Waals surface area (Å²) >= 11 is 0. The van der Waals surface area contributed by atoms with Crippen LogP contribution in [0.1, 0.15) is 24.0 Å². The number of carbonyl (C=O) groups excluding carboxylic acids is 1. The van der Waals surface area contributed by atoms with Gasteiger partial charge in [-0.1, -0.05) is 43.3 Å². The molecular formula is C19H21NO3. The number of benzene rings is 2. The number of ether oxygens (including phenoxy) is 2. The van der Waals surface area contributed by atoms with E-state index in [9.17, 15) is 4.79 Å². The molecule has 0 saturated carbocycles. The van der Waals surface area contributed by atoms with Crippen LogP contribution in [0.25, 0.3) is 0 Å². The van der Waals surface area contributed by atoms with Crippen molar-refractivity contribution in [2.45, 2.75) is 19.3 Å². The van der Waals surface area contributed by atoms with Crippen LogP contribution >= 0.6 is 0 Å². The second kappa shape index (κ2) is 7.18. The summed E-state index contributed by atoms with van der Waals surface area (Å²) in [4.78, 5) is 12.1. The maximum Gasteiger partial charge on any atom is 0.224 e. The van der Waals surface area contributed by atoms with E-state index in [1.165, 1.54) is 5.56 Å². The summed E-state index contributed by atoms with van der Waals surface area (Å²) in [6.07, 6.45) is 0.345. The Balaban J connectivity index is 1.53. The normalized spacial score (nSPS) is 14.1. The van der Waals surface area contributed by atoms with Crippen molar-refractivity contribution in [2.75, 3.05) is 19.8 Å². The van der Waals surface area contributed by atoms with E-state index in [2.05, 4.69) is 24.4 Å². The van der Waals surface area contributed by atoms with E-state index in [1.807, 2.05) is 36.4 Å². The zero-order valence-electron chi connectivity index (χ0n) is 13.2. The summed E-state index contributed by atoms with van der Waals surface area (Å²) in [5, 5.41) is 3.00. The van der Waals surface area contributed by atoms with E-state index < -0.39 is 0 Å². The Bertz CT molecular complexity index is 670. The maximum atomic E-state index is 12.1. The molecule has 23 heavy (non-hydrogen) atoms. The van der Waals surface area contributed by atoms with E-state index in [-0.39, 0.29) is 5.91 Å². The molecular weight excluding hydrogens is 290 g/mol. The molecule has 0 radical (unpaired) electrons. The number of fused-ring (bicyclic) bond motifs is 1. The summed E-state index contributed by atoms with van der Waals surface area (Å²) in [6.45, 7) is 3.87. The lowest BCUT2D eigenvalue weighted by molar-refractivity contribution is -0.120. The van der Waals surface area contributed by atoms with Gasteiger partial charge in [0.15, 0.2) is 11.5 Å². The highest BCUT2D eigenvalue weighted by molar-refractivity contribution is 5.78. The summed E-state index contributed by atoms with van der Waals surface area (Å²) in [7, 11) is 0. The van der Waals surface area contributed by atoms with E-state index >= 15 is 0 Å². The van der Waals surface area contributed by atoms with Gasteiger partial charge in [0.1, 0.15) is 13.2 Å². The number of hydrogen-bond acceptors (Lipinski definition) is 3. The van der Waals surface area contributed by atoms with Gasteiger partial charge in [0.25, 0.3) is 0 Å². The number of hydrogen-bond donors (Lipinski definition) is 1. The highest BCUT2D eigenvalue weighted by Gasteiger charge is 2.13. The topological polar surface area (TPSA) is 47.6 Å². The zero-order chi connectivity index (χ0) is 16.1. The van der Waals surface area contributed by atoms with Gasteiger partial charge < -0.3 is 14.8 Å². The first-order valence-electron chi connectivity index (χ1n) is 7.92. The van der Waals surface area contributed by atoms with Crippen LogP contribution in [-0.2, 0) is 11.2 Å². The van der Waals surface area contributed by atoms with E-state index in [4.69, 9.17) is 9.47 Å². The third-order valence-corrected chi connectivity index (χ3v) is 3.95. The molecule has 1 N–H and O–H groups in total. The summed E-state index contributed by atoms with van der Waals surface area (Å²) in [5.41, 5.74) is 2.16. The fourth-order valence-electron chi connectivity index (χ4n) is 2.61. The number of carbonyl (C=O) groups is 1. The average molecular weight is 311 g/mol. The first kappa shape index (κ1) is 15.4. The Morgan fingerprint density at radius 1 is 1.09 bits per heavy atom.